The number of fused-ring (bicyclic) bond motifs is 7. The molecule has 152 valence electrons. The van der Waals surface area contributed by atoms with Crippen LogP contribution in [0.2, 0.25) is 0 Å². The number of aromatic nitrogens is 1. The highest BCUT2D eigenvalue weighted by molar-refractivity contribution is 6.07. The van der Waals surface area contributed by atoms with Gasteiger partial charge in [-0.05, 0) is 52.6 Å². The molecule has 2 nitrogen and oxygen atoms in total. The molecule has 5 aromatic rings. The highest BCUT2D eigenvalue weighted by Crippen LogP contribution is 2.53. The van der Waals surface area contributed by atoms with E-state index in [4.69, 9.17) is 0 Å². The fourth-order valence-corrected chi connectivity index (χ4v) is 5.38. The summed E-state index contributed by atoms with van der Waals surface area (Å²) in [5, 5.41) is 1.21. The number of benzene rings is 4. The molecule has 0 saturated heterocycles. The van der Waals surface area contributed by atoms with E-state index in [-0.39, 0.29) is 11.9 Å². The van der Waals surface area contributed by atoms with Gasteiger partial charge in [-0.25, -0.2) is 4.39 Å². The van der Waals surface area contributed by atoms with Crippen LogP contribution in [0, 0.1) is 5.82 Å². The molecule has 0 fully saturated rings. The topological polar surface area (TPSA) is 19.0 Å². The lowest BCUT2D eigenvalue weighted by Gasteiger charge is -2.39. The van der Waals surface area contributed by atoms with Crippen LogP contribution in [-0.2, 0) is 0 Å². The zero-order valence-electron chi connectivity index (χ0n) is 17.2. The van der Waals surface area contributed by atoms with Crippen LogP contribution >= 0.6 is 0 Å². The molecular weight excluding hydrogens is 395 g/mol. The Hall–Kier alpha value is -4.11. The number of hydrogen-bond acceptors (Lipinski definition) is 1. The first-order valence-electron chi connectivity index (χ1n) is 10.8. The van der Waals surface area contributed by atoms with Crippen LogP contribution in [0.25, 0.3) is 33.8 Å². The van der Waals surface area contributed by atoms with Crippen LogP contribution in [0.15, 0.2) is 97.2 Å². The molecule has 0 bridgehead atoms. The third-order valence-corrected chi connectivity index (χ3v) is 6.71. The molecule has 2 aliphatic heterocycles. The van der Waals surface area contributed by atoms with Crippen molar-refractivity contribution >= 4 is 28.4 Å². The van der Waals surface area contributed by atoms with Crippen molar-refractivity contribution in [2.24, 2.45) is 0 Å². The lowest BCUT2D eigenvalue weighted by molar-refractivity contribution is 0.622. The molecular formula is C29H19FN2. The summed E-state index contributed by atoms with van der Waals surface area (Å²) in [6, 6.07) is 30.4. The predicted octanol–water partition coefficient (Wildman–Crippen LogP) is 7.40. The number of hydrogen-bond donors (Lipinski definition) is 1. The minimum atomic E-state index is -0.210. The molecule has 3 heteroatoms. The van der Waals surface area contributed by atoms with E-state index in [1.807, 2.05) is 12.1 Å². The van der Waals surface area contributed by atoms with Gasteiger partial charge in [-0.1, -0.05) is 66.7 Å². The van der Waals surface area contributed by atoms with E-state index in [0.29, 0.717) is 0 Å². The van der Waals surface area contributed by atoms with E-state index in [2.05, 4.69) is 88.9 Å². The summed E-state index contributed by atoms with van der Waals surface area (Å²) in [5.41, 5.74) is 10.1. The van der Waals surface area contributed by atoms with Crippen LogP contribution in [0.3, 0.4) is 0 Å². The standard InChI is InChI=1S/C29H19FN2/c30-20-14-13-19-15-27(18-7-2-1-3-8-18)32-26-12-5-4-9-21(26)22-10-6-11-25-28(22)24(17-31-25)29(32)23(19)16-20/h1-17,29,31H. The normalized spacial score (nSPS) is 16.1. The van der Waals surface area contributed by atoms with Crippen molar-refractivity contribution in [1.29, 1.82) is 0 Å². The molecule has 0 radical (unpaired) electrons. The average Bonchev–Trinajstić information content (AvgIpc) is 3.22. The molecule has 32 heavy (non-hydrogen) atoms. The number of aromatic amines is 1. The molecule has 7 rings (SSSR count). The first kappa shape index (κ1) is 17.6. The first-order valence-corrected chi connectivity index (χ1v) is 10.8. The van der Waals surface area contributed by atoms with Gasteiger partial charge in [0.2, 0.25) is 0 Å². The third kappa shape index (κ3) is 2.33. The summed E-state index contributed by atoms with van der Waals surface area (Å²) in [6.45, 7) is 0. The first-order chi connectivity index (χ1) is 15.8. The Kier molecular flexibility index (Phi) is 3.54. The lowest BCUT2D eigenvalue weighted by atomic mass is 9.87. The van der Waals surface area contributed by atoms with Gasteiger partial charge in [0.25, 0.3) is 0 Å². The fourth-order valence-electron chi connectivity index (χ4n) is 5.38. The van der Waals surface area contributed by atoms with Gasteiger partial charge in [-0.2, -0.15) is 0 Å². The maximum Gasteiger partial charge on any atom is 0.123 e. The number of H-pyrrole nitrogens is 1. The SMILES string of the molecule is Fc1ccc2c(c1)C1c3c[nH]c4cccc(c34)-c3ccccc3N1C(c1ccccc1)=C2. The van der Waals surface area contributed by atoms with Gasteiger partial charge in [-0.15, -0.1) is 0 Å². The van der Waals surface area contributed by atoms with Crippen LogP contribution in [0.5, 0.6) is 0 Å². The van der Waals surface area contributed by atoms with Crippen molar-refractivity contribution in [3.05, 3.63) is 125 Å². The van der Waals surface area contributed by atoms with Crippen molar-refractivity contribution in [3.63, 3.8) is 0 Å². The number of halogens is 1. The maximum atomic E-state index is 14.5. The quantitative estimate of drug-likeness (QED) is 0.303. The summed E-state index contributed by atoms with van der Waals surface area (Å²) in [6.07, 6.45) is 4.29. The number of nitrogens with one attached hydrogen (secondary N) is 1. The van der Waals surface area contributed by atoms with Crippen molar-refractivity contribution in [2.45, 2.75) is 6.04 Å². The molecule has 3 heterocycles. The maximum absolute atomic E-state index is 14.5. The second-order valence-electron chi connectivity index (χ2n) is 8.43. The molecule has 0 aliphatic carbocycles. The lowest BCUT2D eigenvalue weighted by Crippen LogP contribution is -2.31. The van der Waals surface area contributed by atoms with Gasteiger partial charge in [0.15, 0.2) is 0 Å². The van der Waals surface area contributed by atoms with Gasteiger partial charge in [0.05, 0.1) is 6.04 Å². The van der Waals surface area contributed by atoms with Crippen LogP contribution in [0.1, 0.15) is 28.3 Å². The Morgan fingerprint density at radius 1 is 0.750 bits per heavy atom. The molecule has 1 atom stereocenters. The van der Waals surface area contributed by atoms with Gasteiger partial charge in [-0.3, -0.25) is 0 Å². The molecule has 2 aliphatic rings. The highest BCUT2D eigenvalue weighted by atomic mass is 19.1. The van der Waals surface area contributed by atoms with E-state index in [0.717, 1.165) is 33.6 Å². The van der Waals surface area contributed by atoms with Crippen LogP contribution in [-0.4, -0.2) is 4.98 Å². The molecule has 1 unspecified atom stereocenters. The monoisotopic (exact) mass is 414 g/mol. The van der Waals surface area contributed by atoms with Gasteiger partial charge in [0.1, 0.15) is 5.82 Å². The van der Waals surface area contributed by atoms with E-state index >= 15 is 0 Å². The Bertz CT molecular complexity index is 1540. The fraction of sp³-hybridized carbons (Fsp3) is 0.0345. The summed E-state index contributed by atoms with van der Waals surface area (Å²) in [5.74, 6) is -0.210. The van der Waals surface area contributed by atoms with Crippen molar-refractivity contribution in [2.75, 3.05) is 4.90 Å². The Morgan fingerprint density at radius 2 is 1.56 bits per heavy atom. The summed E-state index contributed by atoms with van der Waals surface area (Å²) in [4.78, 5) is 5.86. The van der Waals surface area contributed by atoms with E-state index in [1.165, 1.54) is 22.1 Å². The minimum Gasteiger partial charge on any atom is -0.361 e. The third-order valence-electron chi connectivity index (χ3n) is 6.71. The van der Waals surface area contributed by atoms with Crippen molar-refractivity contribution in [1.82, 2.24) is 4.98 Å². The average molecular weight is 414 g/mol. The highest BCUT2D eigenvalue weighted by Gasteiger charge is 2.37. The Labute approximate surface area is 185 Å². The Morgan fingerprint density at radius 3 is 2.47 bits per heavy atom. The predicted molar refractivity (Wildman–Crippen MR) is 129 cm³/mol. The largest absolute Gasteiger partial charge is 0.361 e. The molecule has 0 spiro atoms. The number of rotatable bonds is 1. The summed E-state index contributed by atoms with van der Waals surface area (Å²) in [7, 11) is 0. The number of para-hydroxylation sites is 1. The second-order valence-corrected chi connectivity index (χ2v) is 8.43. The van der Waals surface area contributed by atoms with E-state index < -0.39 is 0 Å². The summed E-state index contributed by atoms with van der Waals surface area (Å²) < 4.78 is 14.5. The van der Waals surface area contributed by atoms with E-state index in [9.17, 15) is 4.39 Å². The molecule has 1 aromatic heterocycles. The van der Waals surface area contributed by atoms with Crippen LogP contribution in [0.4, 0.5) is 10.1 Å². The van der Waals surface area contributed by atoms with Crippen molar-refractivity contribution < 1.29 is 4.39 Å². The van der Waals surface area contributed by atoms with E-state index in [1.54, 1.807) is 12.1 Å². The zero-order chi connectivity index (χ0) is 21.2. The molecule has 0 saturated carbocycles. The number of anilines is 1. The zero-order valence-corrected chi connectivity index (χ0v) is 17.2. The molecule has 1 N–H and O–H groups in total. The van der Waals surface area contributed by atoms with Gasteiger partial charge >= 0.3 is 0 Å². The van der Waals surface area contributed by atoms with Gasteiger partial charge in [0, 0.05) is 39.6 Å². The molecule has 4 aromatic carbocycles. The smallest absolute Gasteiger partial charge is 0.123 e. The molecule has 0 amide bonds. The van der Waals surface area contributed by atoms with Gasteiger partial charge < -0.3 is 9.88 Å². The second kappa shape index (κ2) is 6.44. The minimum absolute atomic E-state index is 0.139. The number of nitrogens with zero attached hydrogens (tertiary/aromatic N) is 1. The summed E-state index contributed by atoms with van der Waals surface area (Å²) >= 11 is 0. The van der Waals surface area contributed by atoms with Crippen molar-refractivity contribution in [3.8, 4) is 11.1 Å². The van der Waals surface area contributed by atoms with Crippen LogP contribution < -0.4 is 4.90 Å². The Balaban J connectivity index is 1.65.